The van der Waals surface area contributed by atoms with Crippen LogP contribution in [0.2, 0.25) is 0 Å². The zero-order valence-electron chi connectivity index (χ0n) is 9.88. The lowest BCUT2D eigenvalue weighted by molar-refractivity contribution is -0.298. The van der Waals surface area contributed by atoms with Crippen LogP contribution in [0, 0.1) is 0 Å². The van der Waals surface area contributed by atoms with Gasteiger partial charge in [-0.1, -0.05) is 6.08 Å². The molecule has 18 heavy (non-hydrogen) atoms. The molecule has 1 aliphatic heterocycles. The quantitative estimate of drug-likeness (QED) is 0.448. The second kappa shape index (κ2) is 7.29. The molecule has 0 saturated carbocycles. The topological polar surface area (TPSA) is 116 Å². The molecule has 0 aliphatic carbocycles. The lowest BCUT2D eigenvalue weighted by atomic mass is 9.99. The SMILES string of the molecule is CS(=O)C=CCOC1OC(CO)C(O)C(O)C1O. The molecule has 1 rings (SSSR count). The summed E-state index contributed by atoms with van der Waals surface area (Å²) in [5.41, 5.74) is 0. The fourth-order valence-corrected chi connectivity index (χ4v) is 1.88. The summed E-state index contributed by atoms with van der Waals surface area (Å²) < 4.78 is 21.0. The van der Waals surface area contributed by atoms with E-state index in [-0.39, 0.29) is 6.61 Å². The van der Waals surface area contributed by atoms with Crippen LogP contribution in [-0.4, -0.2) is 74.8 Å². The fraction of sp³-hybridized carbons (Fsp3) is 0.800. The summed E-state index contributed by atoms with van der Waals surface area (Å²) in [5, 5.41) is 38.9. The first kappa shape index (κ1) is 15.7. The van der Waals surface area contributed by atoms with Crippen molar-refractivity contribution in [2.45, 2.75) is 30.7 Å². The van der Waals surface area contributed by atoms with E-state index in [1.807, 2.05) is 0 Å². The van der Waals surface area contributed by atoms with Crippen LogP contribution in [-0.2, 0) is 20.3 Å². The summed E-state index contributed by atoms with van der Waals surface area (Å²) in [7, 11) is -1.10. The van der Waals surface area contributed by atoms with Gasteiger partial charge in [0.15, 0.2) is 6.29 Å². The molecule has 7 nitrogen and oxygen atoms in total. The standard InChI is InChI=1S/C10H18O7S/c1-18(15)4-2-3-16-10-9(14)8(13)7(12)6(5-11)17-10/h2,4,6-14H,3,5H2,1H3. The molecule has 0 amide bonds. The summed E-state index contributed by atoms with van der Waals surface area (Å²) in [6.45, 7) is -0.470. The number of hydrogen-bond donors (Lipinski definition) is 4. The lowest BCUT2D eigenvalue weighted by Gasteiger charge is -2.39. The van der Waals surface area contributed by atoms with E-state index < -0.39 is 48.1 Å². The van der Waals surface area contributed by atoms with Crippen molar-refractivity contribution in [3.63, 3.8) is 0 Å². The van der Waals surface area contributed by atoms with Crippen LogP contribution in [0.3, 0.4) is 0 Å². The minimum Gasteiger partial charge on any atom is -0.394 e. The highest BCUT2D eigenvalue weighted by Crippen LogP contribution is 2.21. The van der Waals surface area contributed by atoms with E-state index in [9.17, 15) is 19.5 Å². The first-order valence-electron chi connectivity index (χ1n) is 5.38. The van der Waals surface area contributed by atoms with Crippen LogP contribution >= 0.6 is 0 Å². The zero-order valence-corrected chi connectivity index (χ0v) is 10.7. The number of aliphatic hydroxyl groups is 4. The minimum atomic E-state index is -1.45. The molecule has 0 spiro atoms. The highest BCUT2D eigenvalue weighted by atomic mass is 32.2. The minimum absolute atomic E-state index is 0.0300. The second-order valence-electron chi connectivity index (χ2n) is 3.90. The summed E-state index contributed by atoms with van der Waals surface area (Å²) in [6.07, 6.45) is -3.44. The molecule has 0 aromatic carbocycles. The van der Waals surface area contributed by atoms with Gasteiger partial charge < -0.3 is 29.9 Å². The maximum Gasteiger partial charge on any atom is 0.187 e. The summed E-state index contributed by atoms with van der Waals surface area (Å²) in [4.78, 5) is 0. The van der Waals surface area contributed by atoms with Crippen molar-refractivity contribution in [1.82, 2.24) is 0 Å². The average Bonchev–Trinajstić information content (AvgIpc) is 2.34. The van der Waals surface area contributed by atoms with Crippen LogP contribution in [0.4, 0.5) is 0 Å². The van der Waals surface area contributed by atoms with E-state index in [1.54, 1.807) is 0 Å². The lowest BCUT2D eigenvalue weighted by Crippen LogP contribution is -2.59. The second-order valence-corrected chi connectivity index (χ2v) is 5.17. The number of aliphatic hydroxyl groups excluding tert-OH is 4. The molecule has 0 bridgehead atoms. The van der Waals surface area contributed by atoms with Gasteiger partial charge in [-0.05, 0) is 0 Å². The molecule has 1 saturated heterocycles. The third-order valence-corrected chi connectivity index (χ3v) is 3.07. The van der Waals surface area contributed by atoms with Crippen LogP contribution in [0.5, 0.6) is 0 Å². The van der Waals surface area contributed by atoms with E-state index in [2.05, 4.69) is 0 Å². The monoisotopic (exact) mass is 282 g/mol. The van der Waals surface area contributed by atoms with Gasteiger partial charge in [0.2, 0.25) is 0 Å². The number of rotatable bonds is 5. The molecule has 1 fully saturated rings. The Labute approximate surface area is 107 Å². The predicted molar refractivity (Wildman–Crippen MR) is 62.9 cm³/mol. The smallest absolute Gasteiger partial charge is 0.187 e. The molecular formula is C10H18O7S. The van der Waals surface area contributed by atoms with Gasteiger partial charge in [0.25, 0.3) is 0 Å². The van der Waals surface area contributed by atoms with Crippen LogP contribution < -0.4 is 0 Å². The zero-order chi connectivity index (χ0) is 13.7. The van der Waals surface area contributed by atoms with Gasteiger partial charge in [0, 0.05) is 22.5 Å². The molecular weight excluding hydrogens is 264 g/mol. The van der Waals surface area contributed by atoms with Gasteiger partial charge in [-0.2, -0.15) is 0 Å². The molecule has 106 valence electrons. The normalized spacial score (nSPS) is 39.1. The van der Waals surface area contributed by atoms with E-state index in [1.165, 1.54) is 17.7 Å². The summed E-state index contributed by atoms with van der Waals surface area (Å²) >= 11 is 0. The molecule has 6 unspecified atom stereocenters. The Kier molecular flexibility index (Phi) is 6.36. The molecule has 6 atom stereocenters. The summed E-state index contributed by atoms with van der Waals surface area (Å²) in [5.74, 6) is 0. The van der Waals surface area contributed by atoms with Gasteiger partial charge in [-0.15, -0.1) is 0 Å². The van der Waals surface area contributed by atoms with E-state index in [4.69, 9.17) is 14.6 Å². The Hall–Kier alpha value is -0.350. The molecule has 0 aromatic rings. The van der Waals surface area contributed by atoms with E-state index in [0.717, 1.165) is 0 Å². The third-order valence-electron chi connectivity index (χ3n) is 2.49. The van der Waals surface area contributed by atoms with Crippen molar-refractivity contribution >= 4 is 10.8 Å². The van der Waals surface area contributed by atoms with E-state index in [0.29, 0.717) is 0 Å². The number of hydrogen-bond acceptors (Lipinski definition) is 7. The Morgan fingerprint density at radius 2 is 1.94 bits per heavy atom. The fourth-order valence-electron chi connectivity index (χ4n) is 1.53. The molecule has 8 heteroatoms. The molecule has 1 aliphatic rings. The molecule has 4 N–H and O–H groups in total. The van der Waals surface area contributed by atoms with Crippen LogP contribution in [0.1, 0.15) is 0 Å². The van der Waals surface area contributed by atoms with Crippen molar-refractivity contribution in [3.8, 4) is 0 Å². The predicted octanol–water partition coefficient (Wildman–Crippen LogP) is -2.30. The maximum absolute atomic E-state index is 10.7. The molecule has 0 aromatic heterocycles. The van der Waals surface area contributed by atoms with Crippen molar-refractivity contribution in [1.29, 1.82) is 0 Å². The Morgan fingerprint density at radius 1 is 1.28 bits per heavy atom. The highest BCUT2D eigenvalue weighted by molar-refractivity contribution is 7.87. The Balaban J connectivity index is 2.51. The molecule has 0 radical (unpaired) electrons. The third kappa shape index (κ3) is 4.09. The first-order chi connectivity index (χ1) is 8.47. The maximum atomic E-state index is 10.7. The van der Waals surface area contributed by atoms with Crippen LogP contribution in [0.25, 0.3) is 0 Å². The number of ether oxygens (including phenoxy) is 2. The molecule has 1 heterocycles. The average molecular weight is 282 g/mol. The van der Waals surface area contributed by atoms with Crippen molar-refractivity contribution in [3.05, 3.63) is 11.5 Å². The van der Waals surface area contributed by atoms with Gasteiger partial charge in [-0.25, -0.2) is 0 Å². The first-order valence-corrected chi connectivity index (χ1v) is 7.00. The Morgan fingerprint density at radius 3 is 2.50 bits per heavy atom. The van der Waals surface area contributed by atoms with E-state index >= 15 is 0 Å². The van der Waals surface area contributed by atoms with Gasteiger partial charge in [0.05, 0.1) is 13.2 Å². The van der Waals surface area contributed by atoms with Gasteiger partial charge >= 0.3 is 0 Å². The van der Waals surface area contributed by atoms with Gasteiger partial charge in [0.1, 0.15) is 24.4 Å². The van der Waals surface area contributed by atoms with Crippen molar-refractivity contribution < 1.29 is 34.1 Å². The Bertz CT molecular complexity index is 307. The largest absolute Gasteiger partial charge is 0.394 e. The van der Waals surface area contributed by atoms with Crippen molar-refractivity contribution in [2.24, 2.45) is 0 Å². The van der Waals surface area contributed by atoms with Crippen molar-refractivity contribution in [2.75, 3.05) is 19.5 Å². The highest BCUT2D eigenvalue weighted by Gasteiger charge is 2.43. The van der Waals surface area contributed by atoms with Gasteiger partial charge in [-0.3, -0.25) is 4.21 Å². The van der Waals surface area contributed by atoms with Crippen LogP contribution in [0.15, 0.2) is 11.5 Å². The summed E-state index contributed by atoms with van der Waals surface area (Å²) in [6, 6.07) is 0.